The van der Waals surface area contributed by atoms with E-state index in [-0.39, 0.29) is 107 Å². The molecule has 9 amide bonds. The van der Waals surface area contributed by atoms with E-state index in [1.165, 1.54) is 43.7 Å². The monoisotopic (exact) mass is 1170 g/mol. The Morgan fingerprint density at radius 2 is 0.988 bits per heavy atom. The van der Waals surface area contributed by atoms with Gasteiger partial charge in [0.2, 0.25) is 53.2 Å². The lowest BCUT2D eigenvalue weighted by molar-refractivity contribution is -0.142. The van der Waals surface area contributed by atoms with Gasteiger partial charge >= 0.3 is 5.97 Å². The number of carbonyl (C=O) groups excluding carboxylic acids is 9. The summed E-state index contributed by atoms with van der Waals surface area (Å²) in [6.07, 6.45) is 2.52. The number of nitrogens with one attached hydrogen (secondary N) is 10. The van der Waals surface area contributed by atoms with Crippen molar-refractivity contribution in [1.29, 1.82) is 0 Å². The van der Waals surface area contributed by atoms with Crippen LogP contribution in [0.3, 0.4) is 0 Å². The standard InChI is InChI=1S/C49H81N21O13/c1-25(2)17-34(45(81)68-33(46(82)83)9-6-16-60-49(55)56)69-39(75)26(3)64-44(80)36(19-28-20-57-24-63-28)66-38(74)22-62-41(77)35(18-27-10-12-29(72)13-11-27)70-43(79)32(8-5-15-59-48(53)54)67-42(78)31(7-4-14-58-47(51)52)65-37(73)21-61-40(76)30(50)23-71/h10-13,20,24-26,30-36,71-72H,4-9,14-19,21-23,50H2,1-3H3,(H,57,63)(H,61,76)(H,62,77)(H,64,80)(H,65,73)(H,66,74)(H,67,78)(H,68,81)(H,69,75)(H,70,79)(H,82,83)(H4,51,52,58)(H4,53,54,59)(H4,55,56,60)/t26-,30-,31-,32-,33-,34-,35-,36-/m0/s1. The average molecular weight is 1170 g/mol. The van der Waals surface area contributed by atoms with Gasteiger partial charge in [0, 0.05) is 44.4 Å². The molecule has 34 heteroatoms. The molecule has 1 aromatic carbocycles. The van der Waals surface area contributed by atoms with Crippen LogP contribution in [-0.2, 0) is 60.8 Å². The first-order chi connectivity index (χ1) is 39.2. The number of aromatic amines is 1. The zero-order chi connectivity index (χ0) is 62.2. The van der Waals surface area contributed by atoms with Crippen LogP contribution in [0.5, 0.6) is 5.75 Å². The van der Waals surface area contributed by atoms with Crippen molar-refractivity contribution in [2.24, 2.45) is 61.0 Å². The SMILES string of the molecule is CC(C)C[C@H](NC(=O)[C@H](C)NC(=O)[C@H](Cc1cnc[nH]1)NC(=O)CNC(=O)[C@H](Cc1ccc(O)cc1)NC(=O)[C@H](CCCN=C(N)N)NC(=O)[C@H](CCCN=C(N)N)NC(=O)CNC(=O)[C@@H](N)CO)C(=O)N[C@@H](CCCN=C(N)N)C(=O)O. The number of nitrogens with zero attached hydrogens (tertiary/aromatic N) is 4. The van der Waals surface area contributed by atoms with Gasteiger partial charge in [-0.3, -0.25) is 58.1 Å². The number of hydrogen-bond donors (Lipinski definition) is 20. The number of H-pyrrole nitrogens is 1. The van der Waals surface area contributed by atoms with Crippen LogP contribution in [-0.4, -0.2) is 190 Å². The molecule has 2 aromatic rings. The molecule has 1 heterocycles. The number of aliphatic imine (C=N–C) groups is 3. The summed E-state index contributed by atoms with van der Waals surface area (Å²) in [5.41, 5.74) is 38.8. The second kappa shape index (κ2) is 36.8. The number of phenolic OH excluding ortho intramolecular Hbond substituents is 1. The summed E-state index contributed by atoms with van der Waals surface area (Å²) >= 11 is 0. The summed E-state index contributed by atoms with van der Waals surface area (Å²) in [4.78, 5) is 152. The Hall–Kier alpha value is -9.34. The third-order valence-electron chi connectivity index (χ3n) is 11.8. The minimum absolute atomic E-state index is 0.00646. The highest BCUT2D eigenvalue weighted by Crippen LogP contribution is 2.13. The number of aliphatic carboxylic acids is 1. The van der Waals surface area contributed by atoms with E-state index in [0.29, 0.717) is 11.3 Å². The summed E-state index contributed by atoms with van der Waals surface area (Å²) in [7, 11) is 0. The quantitative estimate of drug-likeness (QED) is 0.0169. The lowest BCUT2D eigenvalue weighted by atomic mass is 10.0. The molecule has 0 fully saturated rings. The number of carboxylic acids is 1. The number of hydrogen-bond acceptors (Lipinski definition) is 17. The summed E-state index contributed by atoms with van der Waals surface area (Å²) in [6.45, 7) is 2.85. The summed E-state index contributed by atoms with van der Waals surface area (Å²) in [5.74, 6) is -10.2. The molecule has 0 aliphatic heterocycles. The molecular weight excluding hydrogens is 1090 g/mol. The number of aromatic nitrogens is 2. The molecular formula is C49H81N21O13. The van der Waals surface area contributed by atoms with Crippen LogP contribution in [0.1, 0.15) is 77.0 Å². The van der Waals surface area contributed by atoms with E-state index in [2.05, 4.69) is 72.8 Å². The van der Waals surface area contributed by atoms with Crippen LogP contribution in [0.4, 0.5) is 0 Å². The van der Waals surface area contributed by atoms with Crippen molar-refractivity contribution >= 4 is 77.0 Å². The summed E-state index contributed by atoms with van der Waals surface area (Å²) in [5, 5.41) is 51.3. The largest absolute Gasteiger partial charge is 0.508 e. The van der Waals surface area contributed by atoms with Crippen molar-refractivity contribution in [3.05, 3.63) is 48.0 Å². The molecule has 0 saturated heterocycles. The van der Waals surface area contributed by atoms with Gasteiger partial charge in [-0.1, -0.05) is 26.0 Å². The van der Waals surface area contributed by atoms with Crippen molar-refractivity contribution in [2.45, 2.75) is 127 Å². The maximum atomic E-state index is 14.3. The van der Waals surface area contributed by atoms with Crippen molar-refractivity contribution in [3.63, 3.8) is 0 Å². The Balaban J connectivity index is 2.36. The van der Waals surface area contributed by atoms with Gasteiger partial charge < -0.3 is 108 Å². The number of aliphatic hydroxyl groups excluding tert-OH is 1. The summed E-state index contributed by atoms with van der Waals surface area (Å²) in [6, 6.07) is -5.35. The van der Waals surface area contributed by atoms with E-state index >= 15 is 0 Å². The van der Waals surface area contributed by atoms with Gasteiger partial charge in [0.15, 0.2) is 17.9 Å². The van der Waals surface area contributed by atoms with Crippen LogP contribution in [0, 0.1) is 5.92 Å². The second-order valence-electron chi connectivity index (χ2n) is 19.4. The highest BCUT2D eigenvalue weighted by atomic mass is 16.4. The fourth-order valence-corrected chi connectivity index (χ4v) is 7.57. The number of nitrogens with two attached hydrogens (primary N) is 7. The first kappa shape index (κ1) is 69.8. The van der Waals surface area contributed by atoms with Gasteiger partial charge in [-0.2, -0.15) is 0 Å². The first-order valence-electron chi connectivity index (χ1n) is 26.4. The smallest absolute Gasteiger partial charge is 0.326 e. The highest BCUT2D eigenvalue weighted by Gasteiger charge is 2.33. The molecule has 0 aliphatic rings. The maximum Gasteiger partial charge on any atom is 0.326 e. The van der Waals surface area contributed by atoms with E-state index in [4.69, 9.17) is 40.1 Å². The van der Waals surface area contributed by atoms with Crippen LogP contribution < -0.4 is 88.0 Å². The lowest BCUT2D eigenvalue weighted by Gasteiger charge is -2.26. The third kappa shape index (κ3) is 28.6. The van der Waals surface area contributed by atoms with E-state index < -0.39 is 127 Å². The fraction of sp³-hybridized carbons (Fsp3) is 0.551. The van der Waals surface area contributed by atoms with E-state index in [9.17, 15) is 63.3 Å². The van der Waals surface area contributed by atoms with Gasteiger partial charge in [0.05, 0.1) is 26.0 Å². The minimum atomic E-state index is -1.49. The Labute approximate surface area is 478 Å². The van der Waals surface area contributed by atoms with Crippen molar-refractivity contribution < 1.29 is 63.3 Å². The predicted molar refractivity (Wildman–Crippen MR) is 301 cm³/mol. The fourth-order valence-electron chi connectivity index (χ4n) is 7.57. The van der Waals surface area contributed by atoms with Crippen LogP contribution >= 0.6 is 0 Å². The Bertz CT molecular complexity index is 2550. The number of imidazole rings is 1. The molecule has 0 aliphatic carbocycles. The molecule has 2 rings (SSSR count). The van der Waals surface area contributed by atoms with E-state index in [1.54, 1.807) is 13.8 Å². The van der Waals surface area contributed by atoms with E-state index in [0.717, 1.165) is 0 Å². The van der Waals surface area contributed by atoms with Crippen LogP contribution in [0.25, 0.3) is 0 Å². The molecule has 34 nitrogen and oxygen atoms in total. The Morgan fingerprint density at radius 1 is 0.554 bits per heavy atom. The third-order valence-corrected chi connectivity index (χ3v) is 11.8. The highest BCUT2D eigenvalue weighted by molar-refractivity contribution is 5.97. The Morgan fingerprint density at radius 3 is 1.47 bits per heavy atom. The van der Waals surface area contributed by atoms with Gasteiger partial charge in [-0.15, -0.1) is 0 Å². The number of aromatic hydroxyl groups is 1. The van der Waals surface area contributed by atoms with Crippen molar-refractivity contribution in [3.8, 4) is 5.75 Å². The van der Waals surface area contributed by atoms with Crippen LogP contribution in [0.15, 0.2) is 51.8 Å². The topological polar surface area (TPSA) is 588 Å². The normalized spacial score (nSPS) is 13.7. The van der Waals surface area contributed by atoms with Gasteiger partial charge in [-0.05, 0) is 75.5 Å². The van der Waals surface area contributed by atoms with Crippen molar-refractivity contribution in [2.75, 3.05) is 39.3 Å². The zero-order valence-corrected chi connectivity index (χ0v) is 46.5. The lowest BCUT2D eigenvalue weighted by Crippen LogP contribution is -2.59. The molecule has 27 N–H and O–H groups in total. The molecule has 0 spiro atoms. The number of aliphatic hydroxyl groups is 1. The van der Waals surface area contributed by atoms with Gasteiger partial charge in [0.25, 0.3) is 0 Å². The van der Waals surface area contributed by atoms with Crippen molar-refractivity contribution in [1.82, 2.24) is 57.8 Å². The zero-order valence-electron chi connectivity index (χ0n) is 46.5. The second-order valence-corrected chi connectivity index (χ2v) is 19.4. The molecule has 0 unspecified atom stereocenters. The van der Waals surface area contributed by atoms with E-state index in [1.807, 2.05) is 0 Å². The molecule has 0 saturated carbocycles. The number of carboxylic acid groups (broad SMARTS) is 1. The number of benzene rings is 1. The molecule has 0 bridgehead atoms. The summed E-state index contributed by atoms with van der Waals surface area (Å²) < 4.78 is 0. The molecule has 460 valence electrons. The average Bonchev–Trinajstić information content (AvgIpc) is 3.97. The molecule has 1 aromatic heterocycles. The number of guanidine groups is 3. The molecule has 0 radical (unpaired) electrons. The molecule has 8 atom stereocenters. The number of phenols is 1. The van der Waals surface area contributed by atoms with Gasteiger partial charge in [0.1, 0.15) is 54.1 Å². The molecule has 83 heavy (non-hydrogen) atoms. The Kier molecular flexibility index (Phi) is 31.0. The number of amides is 9. The van der Waals surface area contributed by atoms with Gasteiger partial charge in [-0.25, -0.2) is 9.78 Å². The predicted octanol–water partition coefficient (Wildman–Crippen LogP) is -7.84. The maximum absolute atomic E-state index is 14.3. The first-order valence-corrected chi connectivity index (χ1v) is 26.4. The minimum Gasteiger partial charge on any atom is -0.508 e. The number of rotatable bonds is 38. The van der Waals surface area contributed by atoms with Crippen LogP contribution in [0.2, 0.25) is 0 Å². The number of carbonyl (C=O) groups is 10.